The first-order valence-electron chi connectivity index (χ1n) is 3.27. The molecule has 1 aromatic carbocycles. The molecule has 0 fully saturated rings. The van der Waals surface area contributed by atoms with Crippen molar-refractivity contribution in [3.05, 3.63) is 28.2 Å². The Bertz CT molecular complexity index is 332. The van der Waals surface area contributed by atoms with Crippen LogP contribution >= 0.6 is 35.0 Å². The van der Waals surface area contributed by atoms with Gasteiger partial charge in [-0.25, -0.2) is 5.84 Å². The molecular formula is C7H6Cl2N2OS. The molecule has 3 N–H and O–H groups in total. The van der Waals surface area contributed by atoms with Crippen molar-refractivity contribution in [1.29, 1.82) is 0 Å². The van der Waals surface area contributed by atoms with Crippen LogP contribution in [-0.2, 0) is 0 Å². The summed E-state index contributed by atoms with van der Waals surface area (Å²) in [5.41, 5.74) is 1.99. The van der Waals surface area contributed by atoms with Gasteiger partial charge in [0.25, 0.3) is 5.24 Å². The molecule has 0 spiro atoms. The van der Waals surface area contributed by atoms with Crippen molar-refractivity contribution in [3.8, 4) is 0 Å². The minimum Gasteiger partial charge on any atom is -0.285 e. The van der Waals surface area contributed by atoms with Crippen LogP contribution < -0.4 is 11.3 Å². The predicted octanol–water partition coefficient (Wildman–Crippen LogP) is 2.67. The zero-order chi connectivity index (χ0) is 9.84. The normalized spacial score (nSPS) is 9.77. The third kappa shape index (κ3) is 3.08. The van der Waals surface area contributed by atoms with Crippen molar-refractivity contribution in [2.45, 2.75) is 4.90 Å². The van der Waals surface area contributed by atoms with Gasteiger partial charge in [-0.15, -0.1) is 0 Å². The molecule has 1 aromatic rings. The minimum atomic E-state index is -0.371. The molecule has 0 radical (unpaired) electrons. The number of carbonyl (C=O) groups excluding carboxylic acids is 1. The molecule has 0 aromatic heterocycles. The smallest absolute Gasteiger partial charge is 0.285 e. The quantitative estimate of drug-likeness (QED) is 0.341. The van der Waals surface area contributed by atoms with Gasteiger partial charge in [0.05, 0.1) is 5.02 Å². The number of carbonyl (C=O) groups is 1. The Kier molecular flexibility index (Phi) is 3.87. The van der Waals surface area contributed by atoms with Crippen molar-refractivity contribution in [1.82, 2.24) is 5.43 Å². The van der Waals surface area contributed by atoms with Gasteiger partial charge in [0, 0.05) is 9.92 Å². The zero-order valence-electron chi connectivity index (χ0n) is 6.38. The number of hydrogen-bond donors (Lipinski definition) is 2. The van der Waals surface area contributed by atoms with E-state index in [9.17, 15) is 4.79 Å². The summed E-state index contributed by atoms with van der Waals surface area (Å²) in [6.07, 6.45) is 0. The second kappa shape index (κ2) is 4.72. The van der Waals surface area contributed by atoms with E-state index >= 15 is 0 Å². The minimum absolute atomic E-state index is 0.371. The molecule has 1 amide bonds. The Hall–Kier alpha value is -0.420. The first-order chi connectivity index (χ1) is 6.13. The van der Waals surface area contributed by atoms with Crippen molar-refractivity contribution in [2.24, 2.45) is 5.84 Å². The molecule has 13 heavy (non-hydrogen) atoms. The van der Waals surface area contributed by atoms with Crippen LogP contribution in [-0.4, -0.2) is 5.24 Å². The maximum Gasteiger partial charge on any atom is 0.297 e. The molecule has 70 valence electrons. The highest BCUT2D eigenvalue weighted by molar-refractivity contribution is 8.13. The third-order valence-electron chi connectivity index (χ3n) is 1.21. The summed E-state index contributed by atoms with van der Waals surface area (Å²) >= 11 is 12.4. The lowest BCUT2D eigenvalue weighted by molar-refractivity contribution is 0.261. The molecule has 1 rings (SSSR count). The van der Waals surface area contributed by atoms with Gasteiger partial charge in [-0.2, -0.15) is 0 Å². The fourth-order valence-electron chi connectivity index (χ4n) is 0.687. The second-order valence-corrected chi connectivity index (χ2v) is 3.97. The van der Waals surface area contributed by atoms with E-state index in [1.165, 1.54) is 0 Å². The van der Waals surface area contributed by atoms with Gasteiger partial charge in [-0.1, -0.05) is 23.2 Å². The van der Waals surface area contributed by atoms with Crippen LogP contribution in [0, 0.1) is 0 Å². The highest BCUT2D eigenvalue weighted by Gasteiger charge is 2.06. The number of hydrogen-bond acceptors (Lipinski definition) is 3. The Balaban J connectivity index is 2.83. The Labute approximate surface area is 89.5 Å². The average molecular weight is 237 g/mol. The number of rotatable bonds is 1. The van der Waals surface area contributed by atoms with Crippen molar-refractivity contribution in [3.63, 3.8) is 0 Å². The van der Waals surface area contributed by atoms with Crippen LogP contribution in [0.1, 0.15) is 0 Å². The molecular weight excluding hydrogens is 231 g/mol. The summed E-state index contributed by atoms with van der Waals surface area (Å²) in [4.78, 5) is 11.5. The van der Waals surface area contributed by atoms with E-state index in [1.807, 2.05) is 5.43 Å². The molecule has 3 nitrogen and oxygen atoms in total. The topological polar surface area (TPSA) is 55.1 Å². The van der Waals surface area contributed by atoms with E-state index in [2.05, 4.69) is 0 Å². The molecule has 0 heterocycles. The molecule has 0 bridgehead atoms. The van der Waals surface area contributed by atoms with Crippen molar-refractivity contribution in [2.75, 3.05) is 0 Å². The second-order valence-electron chi connectivity index (χ2n) is 2.11. The van der Waals surface area contributed by atoms with Gasteiger partial charge in [-0.05, 0) is 30.0 Å². The van der Waals surface area contributed by atoms with Crippen molar-refractivity contribution >= 4 is 40.2 Å². The lowest BCUT2D eigenvalue weighted by atomic mass is 10.4. The van der Waals surface area contributed by atoms with Crippen molar-refractivity contribution < 1.29 is 4.79 Å². The van der Waals surface area contributed by atoms with E-state index in [1.54, 1.807) is 18.2 Å². The van der Waals surface area contributed by atoms with Crippen LogP contribution in [0.3, 0.4) is 0 Å². The Morgan fingerprint density at radius 3 is 2.69 bits per heavy atom. The van der Waals surface area contributed by atoms with Gasteiger partial charge in [0.2, 0.25) is 0 Å². The van der Waals surface area contributed by atoms with E-state index in [4.69, 9.17) is 29.0 Å². The van der Waals surface area contributed by atoms with E-state index in [0.717, 1.165) is 11.8 Å². The molecule has 0 unspecified atom stereocenters. The van der Waals surface area contributed by atoms with Gasteiger partial charge in [-0.3, -0.25) is 10.2 Å². The summed E-state index contributed by atoms with van der Waals surface area (Å²) in [6, 6.07) is 4.87. The largest absolute Gasteiger partial charge is 0.297 e. The lowest BCUT2D eigenvalue weighted by Crippen LogP contribution is -2.25. The molecule has 6 heteroatoms. The van der Waals surface area contributed by atoms with E-state index in [0.29, 0.717) is 14.9 Å². The standard InChI is InChI=1S/C7H6Cl2N2OS/c8-4-1-2-6(5(9)3-4)13-7(12)11-10/h1-3H,10H2,(H,11,12). The van der Waals surface area contributed by atoms with Crippen LogP contribution in [0.5, 0.6) is 0 Å². The monoisotopic (exact) mass is 236 g/mol. The van der Waals surface area contributed by atoms with E-state index in [-0.39, 0.29) is 5.24 Å². The van der Waals surface area contributed by atoms with Crippen LogP contribution in [0.15, 0.2) is 23.1 Å². The van der Waals surface area contributed by atoms with Crippen LogP contribution in [0.2, 0.25) is 10.0 Å². The predicted molar refractivity (Wildman–Crippen MR) is 55.0 cm³/mol. The third-order valence-corrected chi connectivity index (χ3v) is 2.75. The first-order valence-corrected chi connectivity index (χ1v) is 4.84. The van der Waals surface area contributed by atoms with Gasteiger partial charge in [0.15, 0.2) is 0 Å². The fourth-order valence-corrected chi connectivity index (χ4v) is 1.76. The fraction of sp³-hybridized carbons (Fsp3) is 0. The van der Waals surface area contributed by atoms with Gasteiger partial charge >= 0.3 is 0 Å². The molecule has 0 saturated carbocycles. The molecule has 0 aliphatic heterocycles. The summed E-state index contributed by atoms with van der Waals surface area (Å²) in [5.74, 6) is 4.91. The number of nitrogens with one attached hydrogen (secondary N) is 1. The zero-order valence-corrected chi connectivity index (χ0v) is 8.71. The van der Waals surface area contributed by atoms with E-state index < -0.39 is 0 Å². The Morgan fingerprint density at radius 2 is 2.15 bits per heavy atom. The highest BCUT2D eigenvalue weighted by Crippen LogP contribution is 2.29. The summed E-state index contributed by atoms with van der Waals surface area (Å²) in [6.45, 7) is 0. The molecule has 0 aliphatic rings. The van der Waals surface area contributed by atoms with Crippen LogP contribution in [0.25, 0.3) is 0 Å². The summed E-state index contributed by atoms with van der Waals surface area (Å²) in [7, 11) is 0. The first kappa shape index (κ1) is 10.7. The number of benzene rings is 1. The molecule has 0 atom stereocenters. The maximum absolute atomic E-state index is 10.9. The number of amides is 1. The van der Waals surface area contributed by atoms with Crippen LogP contribution in [0.4, 0.5) is 4.79 Å². The SMILES string of the molecule is NNC(=O)Sc1ccc(Cl)cc1Cl. The average Bonchev–Trinajstić information content (AvgIpc) is 2.09. The van der Waals surface area contributed by atoms with Gasteiger partial charge in [0.1, 0.15) is 0 Å². The summed E-state index contributed by atoms with van der Waals surface area (Å²) < 4.78 is 0. The van der Waals surface area contributed by atoms with Gasteiger partial charge < -0.3 is 0 Å². The lowest BCUT2D eigenvalue weighted by Gasteiger charge is -2.02. The number of nitrogens with two attached hydrogens (primary N) is 1. The number of halogens is 2. The molecule has 0 saturated heterocycles. The highest BCUT2D eigenvalue weighted by atomic mass is 35.5. The Morgan fingerprint density at radius 1 is 1.46 bits per heavy atom. The number of thioether (sulfide) groups is 1. The molecule has 0 aliphatic carbocycles. The maximum atomic E-state index is 10.9. The summed E-state index contributed by atoms with van der Waals surface area (Å²) in [5, 5.41) is 0.591. The number of hydrazine groups is 1.